The summed E-state index contributed by atoms with van der Waals surface area (Å²) in [6.07, 6.45) is 12.8. The number of thiophene rings is 1. The Morgan fingerprint density at radius 2 is 1.56 bits per heavy atom. The smallest absolute Gasteiger partial charge is 0.308 e. The van der Waals surface area contributed by atoms with Gasteiger partial charge in [0.25, 0.3) is 5.91 Å². The molecule has 1 atom stereocenters. The first-order valence-corrected chi connectivity index (χ1v) is 22.9. The Morgan fingerprint density at radius 3 is 2.16 bits per heavy atom. The predicted octanol–water partition coefficient (Wildman–Crippen LogP) is 11.9. The minimum atomic E-state index is -0.524. The van der Waals surface area contributed by atoms with Crippen LogP contribution in [0.25, 0.3) is 27.6 Å². The number of nitriles is 4. The number of nitrogens with zero attached hydrogens (tertiary/aromatic N) is 6. The molecular weight excluding hydrogens is 793 g/mol. The third-order valence-corrected chi connectivity index (χ3v) is 12.2. The molecule has 3 aromatic rings. The van der Waals surface area contributed by atoms with Crippen LogP contribution in [0.1, 0.15) is 116 Å². The minimum Gasteiger partial charge on any atom is -0.493 e. The summed E-state index contributed by atoms with van der Waals surface area (Å²) in [6, 6.07) is 24.3. The van der Waals surface area contributed by atoms with Crippen molar-refractivity contribution >= 4 is 35.0 Å². The molecule has 1 aliphatic heterocycles. The highest BCUT2D eigenvalue weighted by Crippen LogP contribution is 2.47. The highest BCUT2D eigenvalue weighted by molar-refractivity contribution is 7.17. The van der Waals surface area contributed by atoms with Crippen LogP contribution in [0.15, 0.2) is 77.0 Å². The van der Waals surface area contributed by atoms with E-state index in [1.165, 1.54) is 16.2 Å². The summed E-state index contributed by atoms with van der Waals surface area (Å²) in [5.74, 6) is -0.0173. The molecule has 2 aromatic carbocycles. The van der Waals surface area contributed by atoms with Gasteiger partial charge in [-0.05, 0) is 67.9 Å². The Labute approximate surface area is 373 Å². The fraction of sp³-hybridized carbons (Fsp3) is 0.451. The third-order valence-electron chi connectivity index (χ3n) is 11.0. The summed E-state index contributed by atoms with van der Waals surface area (Å²) in [6.45, 7) is 15.0. The van der Waals surface area contributed by atoms with Gasteiger partial charge in [0.15, 0.2) is 5.57 Å². The van der Waals surface area contributed by atoms with Gasteiger partial charge >= 0.3 is 5.97 Å². The molecule has 0 saturated carbocycles. The molecular formula is C51H60N6O4S. The number of carbonyl (C=O) groups excluding carboxylic acids is 2. The maximum Gasteiger partial charge on any atom is 0.308 e. The lowest BCUT2D eigenvalue weighted by Crippen LogP contribution is -2.28. The van der Waals surface area contributed by atoms with Crippen LogP contribution in [0.3, 0.4) is 0 Å². The van der Waals surface area contributed by atoms with Gasteiger partial charge in [-0.25, -0.2) is 0 Å². The molecule has 11 heteroatoms. The molecule has 0 bridgehead atoms. The molecule has 324 valence electrons. The first-order valence-electron chi connectivity index (χ1n) is 22.1. The van der Waals surface area contributed by atoms with Gasteiger partial charge in [-0.3, -0.25) is 9.59 Å². The van der Waals surface area contributed by atoms with Crippen molar-refractivity contribution in [1.29, 1.82) is 21.0 Å². The van der Waals surface area contributed by atoms with Gasteiger partial charge in [0.2, 0.25) is 0 Å². The molecule has 0 saturated heterocycles. The van der Waals surface area contributed by atoms with E-state index in [1.807, 2.05) is 42.5 Å². The number of unbranched alkanes of at least 4 members (excludes halogenated alkanes) is 4. The molecule has 1 amide bonds. The van der Waals surface area contributed by atoms with E-state index in [-0.39, 0.29) is 47.5 Å². The van der Waals surface area contributed by atoms with E-state index < -0.39 is 5.91 Å². The normalized spacial score (nSPS) is 12.9. The van der Waals surface area contributed by atoms with Gasteiger partial charge in [-0.15, -0.1) is 11.3 Å². The number of carbonyl (C=O) groups is 2. The lowest BCUT2D eigenvalue weighted by Gasteiger charge is -2.26. The Hall–Kier alpha value is -6.14. The number of ether oxygens (including phenoxy) is 2. The van der Waals surface area contributed by atoms with Gasteiger partial charge in [-0.2, -0.15) is 21.0 Å². The lowest BCUT2D eigenvalue weighted by molar-refractivity contribution is -0.147. The van der Waals surface area contributed by atoms with Crippen molar-refractivity contribution in [3.63, 3.8) is 0 Å². The fourth-order valence-corrected chi connectivity index (χ4v) is 8.51. The molecule has 0 aliphatic carbocycles. The van der Waals surface area contributed by atoms with Gasteiger partial charge in [0.1, 0.15) is 30.0 Å². The van der Waals surface area contributed by atoms with Crippen LogP contribution in [0.2, 0.25) is 0 Å². The average Bonchev–Trinajstić information content (AvgIpc) is 3.79. The zero-order valence-corrected chi connectivity index (χ0v) is 38.1. The van der Waals surface area contributed by atoms with E-state index in [9.17, 15) is 30.6 Å². The standard InChI is InChI=1S/C51H60N6O4S/c1-7-11-19-37(10-4)35-61-45-30-40(56(26-12-8-2)27-13-9-3)22-23-42(45)49-44(34-55)47(38-20-15-14-16-21-38)46(62-49)25-24-41-43(33-54)48(39(31-52)32-53)57(50(41)58)28-17-18-29-60-51(59)36(5)6/h14-16,20-25,30,36-37H,7-13,17-19,26-29,35H2,1-6H3/b25-24+. The van der Waals surface area contributed by atoms with Crippen molar-refractivity contribution in [1.82, 2.24) is 4.90 Å². The van der Waals surface area contributed by atoms with E-state index in [2.05, 4.69) is 62.9 Å². The predicted molar refractivity (Wildman–Crippen MR) is 247 cm³/mol. The van der Waals surface area contributed by atoms with Gasteiger partial charge < -0.3 is 19.3 Å². The maximum atomic E-state index is 14.1. The number of amides is 1. The molecule has 0 radical (unpaired) electrons. The molecule has 0 N–H and O–H groups in total. The van der Waals surface area contributed by atoms with Crippen molar-refractivity contribution in [2.45, 2.75) is 106 Å². The van der Waals surface area contributed by atoms with Crippen LogP contribution in [-0.2, 0) is 14.3 Å². The molecule has 1 aliphatic rings. The number of esters is 1. The number of anilines is 1. The summed E-state index contributed by atoms with van der Waals surface area (Å²) < 4.78 is 12.1. The monoisotopic (exact) mass is 852 g/mol. The summed E-state index contributed by atoms with van der Waals surface area (Å²) in [4.78, 5) is 31.2. The number of benzene rings is 2. The quantitative estimate of drug-likeness (QED) is 0.0486. The van der Waals surface area contributed by atoms with Crippen molar-refractivity contribution < 1.29 is 19.1 Å². The van der Waals surface area contributed by atoms with Crippen LogP contribution >= 0.6 is 11.3 Å². The molecule has 0 spiro atoms. The topological polar surface area (TPSA) is 154 Å². The molecule has 0 fully saturated rings. The molecule has 1 aromatic heterocycles. The van der Waals surface area contributed by atoms with E-state index in [0.29, 0.717) is 47.1 Å². The SMILES string of the molecule is CCCCC(CC)COc1cc(N(CCCC)CCCC)ccc1-c1sc(/C=C/C2=C(C#N)C(=C(C#N)C#N)N(CCCCOC(=O)C(C)C)C2=O)c(-c2ccccc2)c1C#N. The zero-order chi connectivity index (χ0) is 45.0. The number of hydrogen-bond acceptors (Lipinski definition) is 10. The Kier molecular flexibility index (Phi) is 19.5. The van der Waals surface area contributed by atoms with Crippen LogP contribution in [0.5, 0.6) is 5.75 Å². The van der Waals surface area contributed by atoms with E-state index in [1.54, 1.807) is 26.0 Å². The minimum absolute atomic E-state index is 0.0349. The maximum absolute atomic E-state index is 14.1. The van der Waals surface area contributed by atoms with Crippen molar-refractivity contribution in [3.8, 4) is 51.6 Å². The number of allylic oxidation sites excluding steroid dienone is 2. The summed E-state index contributed by atoms with van der Waals surface area (Å²) in [5.41, 5.74) is 3.43. The average molecular weight is 853 g/mol. The summed E-state index contributed by atoms with van der Waals surface area (Å²) >= 11 is 1.41. The highest BCUT2D eigenvalue weighted by atomic mass is 32.1. The van der Waals surface area contributed by atoms with Crippen LogP contribution in [-0.4, -0.2) is 49.6 Å². The summed E-state index contributed by atoms with van der Waals surface area (Å²) in [7, 11) is 0. The second-order valence-corrected chi connectivity index (χ2v) is 16.8. The first-order chi connectivity index (χ1) is 30.1. The largest absolute Gasteiger partial charge is 0.493 e. The Bertz CT molecular complexity index is 2250. The first kappa shape index (κ1) is 48.5. The van der Waals surface area contributed by atoms with Gasteiger partial charge in [-0.1, -0.05) is 104 Å². The van der Waals surface area contributed by atoms with Crippen molar-refractivity contribution in [2.24, 2.45) is 11.8 Å². The van der Waals surface area contributed by atoms with Crippen LogP contribution in [0, 0.1) is 57.2 Å². The summed E-state index contributed by atoms with van der Waals surface area (Å²) in [5, 5.41) is 41.2. The second kappa shape index (κ2) is 25.0. The molecule has 62 heavy (non-hydrogen) atoms. The van der Waals surface area contributed by atoms with Crippen LogP contribution in [0.4, 0.5) is 5.69 Å². The van der Waals surface area contributed by atoms with Crippen molar-refractivity contribution in [3.05, 3.63) is 87.5 Å². The van der Waals surface area contributed by atoms with Crippen LogP contribution < -0.4 is 9.64 Å². The highest BCUT2D eigenvalue weighted by Gasteiger charge is 2.36. The lowest BCUT2D eigenvalue weighted by atomic mass is 9.97. The van der Waals surface area contributed by atoms with Crippen molar-refractivity contribution in [2.75, 3.05) is 37.7 Å². The van der Waals surface area contributed by atoms with Gasteiger partial charge in [0.05, 0.1) is 46.4 Å². The van der Waals surface area contributed by atoms with Gasteiger partial charge in [0, 0.05) is 47.4 Å². The Morgan fingerprint density at radius 1 is 0.871 bits per heavy atom. The number of rotatable bonds is 24. The second-order valence-electron chi connectivity index (χ2n) is 15.8. The van der Waals surface area contributed by atoms with E-state index >= 15 is 0 Å². The molecule has 2 heterocycles. The van der Waals surface area contributed by atoms with E-state index in [0.717, 1.165) is 86.1 Å². The fourth-order valence-electron chi connectivity index (χ4n) is 7.30. The molecule has 1 unspecified atom stereocenters. The zero-order valence-electron chi connectivity index (χ0n) is 37.3. The molecule has 10 nitrogen and oxygen atoms in total. The van der Waals surface area contributed by atoms with E-state index in [4.69, 9.17) is 9.47 Å². The molecule has 4 rings (SSSR count). The Balaban J connectivity index is 1.87. The third kappa shape index (κ3) is 12.2. The number of hydrogen-bond donors (Lipinski definition) is 0.